The van der Waals surface area contributed by atoms with Crippen molar-refractivity contribution in [3.8, 4) is 11.5 Å². The van der Waals surface area contributed by atoms with E-state index in [4.69, 9.17) is 9.47 Å². The number of halogens is 2. The van der Waals surface area contributed by atoms with Crippen LogP contribution in [0.5, 0.6) is 11.5 Å². The molecular weight excluding hydrogens is 320 g/mol. The van der Waals surface area contributed by atoms with Gasteiger partial charge in [-0.2, -0.15) is 0 Å². The summed E-state index contributed by atoms with van der Waals surface area (Å²) in [6, 6.07) is 6.23. The van der Waals surface area contributed by atoms with Crippen molar-refractivity contribution in [2.45, 2.75) is 6.54 Å². The molecule has 1 aliphatic rings. The van der Waals surface area contributed by atoms with Crippen molar-refractivity contribution in [1.29, 1.82) is 0 Å². The number of imide groups is 1. The second-order valence-corrected chi connectivity index (χ2v) is 5.17. The van der Waals surface area contributed by atoms with Gasteiger partial charge in [-0.3, -0.25) is 14.5 Å². The molecule has 1 aliphatic heterocycles. The molecule has 3 rings (SSSR count). The lowest BCUT2D eigenvalue weighted by Gasteiger charge is -2.14. The highest BCUT2D eigenvalue weighted by Gasteiger charge is 2.39. The Balaban J connectivity index is 1.99. The first kappa shape index (κ1) is 15.9. The molecule has 0 aromatic heterocycles. The maximum absolute atomic E-state index is 13.3. The van der Waals surface area contributed by atoms with E-state index in [0.29, 0.717) is 11.3 Å². The normalized spacial score (nSPS) is 13.2. The zero-order chi connectivity index (χ0) is 17.4. The van der Waals surface area contributed by atoms with Crippen LogP contribution >= 0.6 is 0 Å². The molecule has 0 atom stereocenters. The number of hydrogen-bond acceptors (Lipinski definition) is 4. The summed E-state index contributed by atoms with van der Waals surface area (Å²) in [6.07, 6.45) is 0. The Hall–Kier alpha value is -2.96. The van der Waals surface area contributed by atoms with Gasteiger partial charge in [-0.15, -0.1) is 0 Å². The minimum Gasteiger partial charge on any atom is -0.493 e. The lowest BCUT2D eigenvalue weighted by Crippen LogP contribution is -2.29. The van der Waals surface area contributed by atoms with E-state index in [1.807, 2.05) is 0 Å². The molecular formula is C17H13F2NO4. The molecule has 0 spiro atoms. The zero-order valence-corrected chi connectivity index (χ0v) is 12.9. The van der Waals surface area contributed by atoms with E-state index in [2.05, 4.69) is 0 Å². The van der Waals surface area contributed by atoms with E-state index in [-0.39, 0.29) is 23.4 Å². The van der Waals surface area contributed by atoms with E-state index in [1.165, 1.54) is 32.4 Å². The first-order valence-electron chi connectivity index (χ1n) is 7.03. The van der Waals surface area contributed by atoms with Crippen molar-refractivity contribution in [3.05, 3.63) is 58.7 Å². The van der Waals surface area contributed by atoms with E-state index < -0.39 is 23.4 Å². The topological polar surface area (TPSA) is 55.8 Å². The summed E-state index contributed by atoms with van der Waals surface area (Å²) in [5.74, 6) is -2.64. The lowest BCUT2D eigenvalue weighted by atomic mass is 10.1. The molecule has 1 heterocycles. The number of rotatable bonds is 4. The summed E-state index contributed by atoms with van der Waals surface area (Å²) in [6.45, 7) is -0.172. The standard InChI is InChI=1S/C17H13F2NO4/c1-23-13-6-4-10-14(15(13)24-2)17(22)20(16(10)21)8-9-3-5-11(18)12(19)7-9/h3-7H,8H2,1-2H3. The van der Waals surface area contributed by atoms with Crippen molar-refractivity contribution in [3.63, 3.8) is 0 Å². The second kappa shape index (κ2) is 5.92. The Morgan fingerprint density at radius 1 is 0.958 bits per heavy atom. The fourth-order valence-corrected chi connectivity index (χ4v) is 2.65. The van der Waals surface area contributed by atoms with Gasteiger partial charge < -0.3 is 9.47 Å². The predicted octanol–water partition coefficient (Wildman–Crippen LogP) is 2.78. The number of ether oxygens (including phenoxy) is 2. The van der Waals surface area contributed by atoms with Gasteiger partial charge in [0.05, 0.1) is 31.9 Å². The third-order valence-electron chi connectivity index (χ3n) is 3.80. The van der Waals surface area contributed by atoms with Crippen LogP contribution in [-0.2, 0) is 6.54 Å². The van der Waals surface area contributed by atoms with Gasteiger partial charge in [-0.25, -0.2) is 8.78 Å². The molecule has 0 saturated heterocycles. The number of fused-ring (bicyclic) bond motifs is 1. The van der Waals surface area contributed by atoms with Crippen LogP contribution in [0.15, 0.2) is 30.3 Å². The highest BCUT2D eigenvalue weighted by atomic mass is 19.2. The smallest absolute Gasteiger partial charge is 0.265 e. The maximum Gasteiger partial charge on any atom is 0.265 e. The second-order valence-electron chi connectivity index (χ2n) is 5.17. The Bertz CT molecular complexity index is 851. The van der Waals surface area contributed by atoms with Gasteiger partial charge in [0.2, 0.25) is 0 Å². The summed E-state index contributed by atoms with van der Waals surface area (Å²) in [5.41, 5.74) is 0.582. The largest absolute Gasteiger partial charge is 0.493 e. The van der Waals surface area contributed by atoms with Gasteiger partial charge in [-0.1, -0.05) is 6.07 Å². The number of hydrogen-bond donors (Lipinski definition) is 0. The summed E-state index contributed by atoms with van der Waals surface area (Å²) >= 11 is 0. The number of carbonyl (C=O) groups excluding carboxylic acids is 2. The molecule has 2 amide bonds. The summed E-state index contributed by atoms with van der Waals surface area (Å²) in [7, 11) is 2.79. The number of amides is 2. The SMILES string of the molecule is COc1ccc2c(c1OC)C(=O)N(Cc1ccc(F)c(F)c1)C2=O. The average molecular weight is 333 g/mol. The fraction of sp³-hybridized carbons (Fsp3) is 0.176. The van der Waals surface area contributed by atoms with Gasteiger partial charge in [0.1, 0.15) is 0 Å². The van der Waals surface area contributed by atoms with E-state index >= 15 is 0 Å². The lowest BCUT2D eigenvalue weighted by molar-refractivity contribution is 0.0641. The van der Waals surface area contributed by atoms with Crippen LogP contribution in [0.2, 0.25) is 0 Å². The number of benzene rings is 2. The molecule has 0 aliphatic carbocycles. The van der Waals surface area contributed by atoms with Crippen molar-refractivity contribution < 1.29 is 27.8 Å². The van der Waals surface area contributed by atoms with E-state index in [1.54, 1.807) is 0 Å². The molecule has 2 aromatic rings. The fourth-order valence-electron chi connectivity index (χ4n) is 2.65. The van der Waals surface area contributed by atoms with Crippen LogP contribution in [0.25, 0.3) is 0 Å². The molecule has 5 nitrogen and oxygen atoms in total. The van der Waals surface area contributed by atoms with Crippen LogP contribution in [0.1, 0.15) is 26.3 Å². The first-order chi connectivity index (χ1) is 11.5. The van der Waals surface area contributed by atoms with Gasteiger partial charge in [-0.05, 0) is 29.8 Å². The molecule has 0 fully saturated rings. The van der Waals surface area contributed by atoms with Crippen LogP contribution in [0.3, 0.4) is 0 Å². The predicted molar refractivity (Wildman–Crippen MR) is 80.1 cm³/mol. The molecule has 2 aromatic carbocycles. The highest BCUT2D eigenvalue weighted by Crippen LogP contribution is 2.38. The molecule has 24 heavy (non-hydrogen) atoms. The minimum absolute atomic E-state index is 0.101. The molecule has 0 unspecified atom stereocenters. The Labute approximate surface area is 136 Å². The number of methoxy groups -OCH3 is 2. The number of carbonyl (C=O) groups is 2. The maximum atomic E-state index is 13.3. The van der Waals surface area contributed by atoms with Crippen molar-refractivity contribution >= 4 is 11.8 Å². The van der Waals surface area contributed by atoms with Crippen molar-refractivity contribution in [2.24, 2.45) is 0 Å². The van der Waals surface area contributed by atoms with E-state index in [0.717, 1.165) is 17.0 Å². The molecule has 7 heteroatoms. The molecule has 124 valence electrons. The molecule has 0 N–H and O–H groups in total. The zero-order valence-electron chi connectivity index (χ0n) is 12.9. The van der Waals surface area contributed by atoms with Crippen LogP contribution in [0, 0.1) is 11.6 Å². The molecule has 0 saturated carbocycles. The van der Waals surface area contributed by atoms with Crippen LogP contribution < -0.4 is 9.47 Å². The summed E-state index contributed by atoms with van der Waals surface area (Å²) in [5, 5.41) is 0. The highest BCUT2D eigenvalue weighted by molar-refractivity contribution is 6.22. The monoisotopic (exact) mass is 333 g/mol. The van der Waals surface area contributed by atoms with Crippen LogP contribution in [0.4, 0.5) is 8.78 Å². The number of nitrogens with zero attached hydrogens (tertiary/aromatic N) is 1. The minimum atomic E-state index is -1.04. The van der Waals surface area contributed by atoms with Crippen LogP contribution in [-0.4, -0.2) is 30.9 Å². The third-order valence-corrected chi connectivity index (χ3v) is 3.80. The summed E-state index contributed by atoms with van der Waals surface area (Å²) in [4.78, 5) is 26.0. The van der Waals surface area contributed by atoms with Gasteiger partial charge >= 0.3 is 0 Å². The van der Waals surface area contributed by atoms with E-state index in [9.17, 15) is 18.4 Å². The Morgan fingerprint density at radius 3 is 2.33 bits per heavy atom. The van der Waals surface area contributed by atoms with Crippen molar-refractivity contribution in [2.75, 3.05) is 14.2 Å². The molecule has 0 bridgehead atoms. The van der Waals surface area contributed by atoms with Gasteiger partial charge in [0.15, 0.2) is 23.1 Å². The third kappa shape index (κ3) is 2.38. The first-order valence-corrected chi connectivity index (χ1v) is 7.03. The quantitative estimate of drug-likeness (QED) is 0.808. The Kier molecular flexibility index (Phi) is 3.92. The molecule has 0 radical (unpaired) electrons. The summed E-state index contributed by atoms with van der Waals surface area (Å²) < 4.78 is 36.7. The van der Waals surface area contributed by atoms with Gasteiger partial charge in [0.25, 0.3) is 11.8 Å². The Morgan fingerprint density at radius 2 is 1.71 bits per heavy atom. The van der Waals surface area contributed by atoms with Crippen molar-refractivity contribution in [1.82, 2.24) is 4.90 Å². The van der Waals surface area contributed by atoms with Gasteiger partial charge in [0, 0.05) is 0 Å². The average Bonchev–Trinajstić information content (AvgIpc) is 2.82.